The Morgan fingerprint density at radius 3 is 2.60 bits per heavy atom. The van der Waals surface area contributed by atoms with Crippen LogP contribution in [0.2, 0.25) is 0 Å². The summed E-state index contributed by atoms with van der Waals surface area (Å²) in [6.07, 6.45) is 8.13. The lowest BCUT2D eigenvalue weighted by Crippen LogP contribution is -2.36. The molecular formula is C19H26N4O2. The number of hydrogen-bond acceptors (Lipinski definition) is 6. The van der Waals surface area contributed by atoms with E-state index in [0.29, 0.717) is 5.92 Å². The molecule has 1 aromatic carbocycles. The van der Waals surface area contributed by atoms with Crippen molar-refractivity contribution in [1.82, 2.24) is 9.97 Å². The summed E-state index contributed by atoms with van der Waals surface area (Å²) in [4.78, 5) is 11.3. The fourth-order valence-electron chi connectivity index (χ4n) is 3.79. The first-order valence-corrected chi connectivity index (χ1v) is 9.27. The quantitative estimate of drug-likeness (QED) is 0.919. The van der Waals surface area contributed by atoms with Crippen LogP contribution >= 0.6 is 0 Å². The Hall–Kier alpha value is -1.92. The lowest BCUT2D eigenvalue weighted by Gasteiger charge is -2.31. The number of fused-ring (bicyclic) bond motifs is 1. The van der Waals surface area contributed by atoms with E-state index in [4.69, 9.17) is 15.2 Å². The minimum absolute atomic E-state index is 0.243. The molecule has 1 saturated carbocycles. The Balaban J connectivity index is 1.60. The van der Waals surface area contributed by atoms with E-state index in [1.165, 1.54) is 0 Å². The van der Waals surface area contributed by atoms with Crippen LogP contribution in [0.1, 0.15) is 25.7 Å². The molecule has 6 nitrogen and oxygen atoms in total. The molecule has 6 heteroatoms. The summed E-state index contributed by atoms with van der Waals surface area (Å²) in [5.41, 5.74) is 8.68. The molecule has 2 heterocycles. The second-order valence-corrected chi connectivity index (χ2v) is 6.96. The molecule has 2 N–H and O–H groups in total. The zero-order valence-corrected chi connectivity index (χ0v) is 14.6. The van der Waals surface area contributed by atoms with E-state index >= 15 is 0 Å². The van der Waals surface area contributed by atoms with Crippen LogP contribution in [0.5, 0.6) is 5.75 Å². The SMILES string of the molecule is NC[C@H]1CC[C@@H](Oc2cc(N3CCOCC3)cc3nccnc23)CC1. The van der Waals surface area contributed by atoms with Gasteiger partial charge in [-0.2, -0.15) is 0 Å². The summed E-state index contributed by atoms with van der Waals surface area (Å²) in [5.74, 6) is 1.50. The zero-order valence-electron chi connectivity index (χ0n) is 14.6. The summed E-state index contributed by atoms with van der Waals surface area (Å²) < 4.78 is 11.9. The monoisotopic (exact) mass is 342 g/mol. The van der Waals surface area contributed by atoms with Gasteiger partial charge in [-0.3, -0.25) is 4.98 Å². The average Bonchev–Trinajstić information content (AvgIpc) is 2.69. The molecule has 25 heavy (non-hydrogen) atoms. The van der Waals surface area contributed by atoms with Crippen molar-refractivity contribution in [3.05, 3.63) is 24.5 Å². The van der Waals surface area contributed by atoms with E-state index in [1.807, 2.05) is 0 Å². The number of hydrogen-bond donors (Lipinski definition) is 1. The molecule has 1 aliphatic heterocycles. The predicted octanol–water partition coefficient (Wildman–Crippen LogP) is 2.36. The molecule has 0 spiro atoms. The Morgan fingerprint density at radius 1 is 1.08 bits per heavy atom. The third kappa shape index (κ3) is 3.70. The number of anilines is 1. The number of ether oxygens (including phenoxy) is 2. The van der Waals surface area contributed by atoms with Crippen LogP contribution in [0.15, 0.2) is 24.5 Å². The first-order chi connectivity index (χ1) is 12.3. The normalized spacial score (nSPS) is 24.4. The number of rotatable bonds is 4. The smallest absolute Gasteiger partial charge is 0.149 e. The molecule has 4 rings (SSSR count). The van der Waals surface area contributed by atoms with E-state index in [0.717, 1.165) is 81.0 Å². The van der Waals surface area contributed by atoms with Crippen molar-refractivity contribution >= 4 is 16.7 Å². The summed E-state index contributed by atoms with van der Waals surface area (Å²) in [6, 6.07) is 4.23. The number of morpholine rings is 1. The maximum Gasteiger partial charge on any atom is 0.149 e. The molecule has 0 atom stereocenters. The molecule has 2 fully saturated rings. The minimum atomic E-state index is 0.243. The van der Waals surface area contributed by atoms with Gasteiger partial charge in [0.1, 0.15) is 11.3 Å². The van der Waals surface area contributed by atoms with Crippen molar-refractivity contribution in [2.75, 3.05) is 37.7 Å². The molecule has 1 aromatic heterocycles. The second kappa shape index (κ2) is 7.54. The van der Waals surface area contributed by atoms with Gasteiger partial charge in [0.15, 0.2) is 0 Å². The van der Waals surface area contributed by atoms with Crippen molar-refractivity contribution in [2.45, 2.75) is 31.8 Å². The molecular weight excluding hydrogens is 316 g/mol. The van der Waals surface area contributed by atoms with Crippen molar-refractivity contribution < 1.29 is 9.47 Å². The molecule has 0 bridgehead atoms. The first kappa shape index (κ1) is 16.5. The Labute approximate surface area is 148 Å². The Morgan fingerprint density at radius 2 is 1.84 bits per heavy atom. The van der Waals surface area contributed by atoms with Crippen LogP contribution in [-0.4, -0.2) is 48.9 Å². The van der Waals surface area contributed by atoms with Crippen LogP contribution in [0.25, 0.3) is 11.0 Å². The largest absolute Gasteiger partial charge is 0.488 e. The Bertz CT molecular complexity index is 710. The maximum atomic E-state index is 6.39. The van der Waals surface area contributed by atoms with Gasteiger partial charge in [-0.05, 0) is 44.2 Å². The highest BCUT2D eigenvalue weighted by Crippen LogP contribution is 2.33. The van der Waals surface area contributed by atoms with Crippen molar-refractivity contribution in [3.63, 3.8) is 0 Å². The molecule has 2 aromatic rings. The van der Waals surface area contributed by atoms with Gasteiger partial charge in [0.25, 0.3) is 0 Å². The standard InChI is InChI=1S/C19H26N4O2/c20-13-14-1-3-16(4-2-14)25-18-12-15(23-7-9-24-10-8-23)11-17-19(18)22-6-5-21-17/h5-6,11-12,14,16H,1-4,7-10,13,20H2/t14-,16+. The number of nitrogens with zero attached hydrogens (tertiary/aromatic N) is 3. The fraction of sp³-hybridized carbons (Fsp3) is 0.579. The molecule has 0 amide bonds. The molecule has 0 radical (unpaired) electrons. The lowest BCUT2D eigenvalue weighted by molar-refractivity contribution is 0.122. The summed E-state index contributed by atoms with van der Waals surface area (Å²) in [7, 11) is 0. The fourth-order valence-corrected chi connectivity index (χ4v) is 3.79. The van der Waals surface area contributed by atoms with Crippen LogP contribution in [0.3, 0.4) is 0 Å². The zero-order chi connectivity index (χ0) is 17.1. The van der Waals surface area contributed by atoms with E-state index in [9.17, 15) is 0 Å². The van der Waals surface area contributed by atoms with E-state index in [1.54, 1.807) is 12.4 Å². The third-order valence-electron chi connectivity index (χ3n) is 5.32. The number of nitrogens with two attached hydrogens (primary N) is 1. The van der Waals surface area contributed by atoms with E-state index in [2.05, 4.69) is 27.0 Å². The van der Waals surface area contributed by atoms with Crippen molar-refractivity contribution in [2.24, 2.45) is 11.7 Å². The number of aromatic nitrogens is 2. The summed E-state index contributed by atoms with van der Waals surface area (Å²) in [6.45, 7) is 4.10. The van der Waals surface area contributed by atoms with E-state index in [-0.39, 0.29) is 6.10 Å². The highest BCUT2D eigenvalue weighted by atomic mass is 16.5. The van der Waals surface area contributed by atoms with Crippen molar-refractivity contribution in [1.29, 1.82) is 0 Å². The van der Waals surface area contributed by atoms with Crippen LogP contribution < -0.4 is 15.4 Å². The molecule has 0 unspecified atom stereocenters. The van der Waals surface area contributed by atoms with Gasteiger partial charge in [-0.1, -0.05) is 0 Å². The van der Waals surface area contributed by atoms with E-state index < -0.39 is 0 Å². The second-order valence-electron chi connectivity index (χ2n) is 6.96. The van der Waals surface area contributed by atoms with Gasteiger partial charge in [-0.15, -0.1) is 0 Å². The first-order valence-electron chi connectivity index (χ1n) is 9.27. The van der Waals surface area contributed by atoms with Gasteiger partial charge >= 0.3 is 0 Å². The molecule has 1 saturated heterocycles. The topological polar surface area (TPSA) is 73.5 Å². The highest BCUT2D eigenvalue weighted by Gasteiger charge is 2.23. The minimum Gasteiger partial charge on any atom is -0.488 e. The summed E-state index contributed by atoms with van der Waals surface area (Å²) in [5, 5.41) is 0. The maximum absolute atomic E-state index is 6.39. The van der Waals surface area contributed by atoms with Crippen LogP contribution in [-0.2, 0) is 4.74 Å². The molecule has 2 aliphatic rings. The van der Waals surface area contributed by atoms with Gasteiger partial charge in [0, 0.05) is 37.2 Å². The van der Waals surface area contributed by atoms with Gasteiger partial charge in [0.2, 0.25) is 0 Å². The molecule has 134 valence electrons. The predicted molar refractivity (Wildman–Crippen MR) is 98.0 cm³/mol. The average molecular weight is 342 g/mol. The number of benzene rings is 1. The third-order valence-corrected chi connectivity index (χ3v) is 5.32. The lowest BCUT2D eigenvalue weighted by atomic mass is 9.87. The van der Waals surface area contributed by atoms with Crippen molar-refractivity contribution in [3.8, 4) is 5.75 Å². The van der Waals surface area contributed by atoms with Crippen LogP contribution in [0.4, 0.5) is 5.69 Å². The van der Waals surface area contributed by atoms with Gasteiger partial charge < -0.3 is 20.1 Å². The summed E-state index contributed by atoms with van der Waals surface area (Å²) >= 11 is 0. The van der Waals surface area contributed by atoms with Crippen LogP contribution in [0, 0.1) is 5.92 Å². The molecule has 1 aliphatic carbocycles. The highest BCUT2D eigenvalue weighted by molar-refractivity contribution is 5.85. The van der Waals surface area contributed by atoms with Gasteiger partial charge in [0.05, 0.1) is 24.8 Å². The Kier molecular flexibility index (Phi) is 4.99. The van der Waals surface area contributed by atoms with Gasteiger partial charge in [-0.25, -0.2) is 4.98 Å².